The lowest BCUT2D eigenvalue weighted by Gasteiger charge is -1.96. The standard InChI is InChI=1S/C14H12N4O2S/c1-9(19)16-8-10-5-6-12(21-10)14-17-13(18-20-14)11-4-2-3-7-15-11/h2-7H,8H2,1H3,(H,16,19). The van der Waals surface area contributed by atoms with Gasteiger partial charge in [-0.3, -0.25) is 9.78 Å². The van der Waals surface area contributed by atoms with E-state index in [-0.39, 0.29) is 5.91 Å². The molecule has 0 aliphatic rings. The van der Waals surface area contributed by atoms with E-state index >= 15 is 0 Å². The number of nitrogens with one attached hydrogen (secondary N) is 1. The molecule has 0 aliphatic carbocycles. The molecule has 0 atom stereocenters. The summed E-state index contributed by atoms with van der Waals surface area (Å²) < 4.78 is 5.27. The third kappa shape index (κ3) is 3.14. The monoisotopic (exact) mass is 300 g/mol. The zero-order chi connectivity index (χ0) is 14.7. The van der Waals surface area contributed by atoms with E-state index < -0.39 is 0 Å². The first kappa shape index (κ1) is 13.4. The van der Waals surface area contributed by atoms with Crippen LogP contribution in [0.4, 0.5) is 0 Å². The Labute approximate surface area is 124 Å². The molecule has 7 heteroatoms. The van der Waals surface area contributed by atoms with Crippen molar-refractivity contribution in [3.8, 4) is 22.3 Å². The second kappa shape index (κ2) is 5.84. The lowest BCUT2D eigenvalue weighted by molar-refractivity contribution is -0.119. The topological polar surface area (TPSA) is 80.9 Å². The summed E-state index contributed by atoms with van der Waals surface area (Å²) in [5.74, 6) is 0.859. The van der Waals surface area contributed by atoms with E-state index in [1.54, 1.807) is 6.20 Å². The van der Waals surface area contributed by atoms with Gasteiger partial charge in [-0.15, -0.1) is 11.3 Å². The van der Waals surface area contributed by atoms with Crippen LogP contribution in [-0.2, 0) is 11.3 Å². The van der Waals surface area contributed by atoms with Crippen molar-refractivity contribution in [3.05, 3.63) is 41.4 Å². The van der Waals surface area contributed by atoms with Crippen LogP contribution in [-0.4, -0.2) is 21.0 Å². The number of pyridine rings is 1. The van der Waals surface area contributed by atoms with Crippen molar-refractivity contribution in [1.29, 1.82) is 0 Å². The van der Waals surface area contributed by atoms with Crippen LogP contribution < -0.4 is 5.32 Å². The maximum Gasteiger partial charge on any atom is 0.268 e. The Morgan fingerprint density at radius 2 is 2.24 bits per heavy atom. The zero-order valence-corrected chi connectivity index (χ0v) is 12.1. The third-order valence-electron chi connectivity index (χ3n) is 2.70. The molecule has 0 saturated heterocycles. The molecule has 6 nitrogen and oxygen atoms in total. The van der Waals surface area contributed by atoms with E-state index in [4.69, 9.17) is 4.52 Å². The van der Waals surface area contributed by atoms with Gasteiger partial charge in [0.05, 0.1) is 11.4 Å². The van der Waals surface area contributed by atoms with Crippen molar-refractivity contribution in [2.24, 2.45) is 0 Å². The minimum absolute atomic E-state index is 0.0554. The Bertz CT molecular complexity index is 751. The van der Waals surface area contributed by atoms with Gasteiger partial charge in [-0.2, -0.15) is 4.98 Å². The normalized spacial score (nSPS) is 10.5. The number of nitrogens with zero attached hydrogens (tertiary/aromatic N) is 3. The minimum atomic E-state index is -0.0554. The summed E-state index contributed by atoms with van der Waals surface area (Å²) in [6, 6.07) is 9.36. The first-order valence-electron chi connectivity index (χ1n) is 6.31. The molecule has 3 rings (SSSR count). The average molecular weight is 300 g/mol. The summed E-state index contributed by atoms with van der Waals surface area (Å²) in [6.07, 6.45) is 1.68. The summed E-state index contributed by atoms with van der Waals surface area (Å²) in [5, 5.41) is 6.69. The molecular weight excluding hydrogens is 288 g/mol. The van der Waals surface area contributed by atoms with E-state index in [1.165, 1.54) is 18.3 Å². The number of rotatable bonds is 4. The van der Waals surface area contributed by atoms with Crippen molar-refractivity contribution in [2.45, 2.75) is 13.5 Å². The lowest BCUT2D eigenvalue weighted by Crippen LogP contribution is -2.17. The lowest BCUT2D eigenvalue weighted by atomic mass is 10.3. The summed E-state index contributed by atoms with van der Waals surface area (Å²) in [6.45, 7) is 1.99. The molecule has 0 aromatic carbocycles. The molecule has 0 radical (unpaired) electrons. The van der Waals surface area contributed by atoms with Crippen molar-refractivity contribution >= 4 is 17.2 Å². The molecule has 3 heterocycles. The van der Waals surface area contributed by atoms with E-state index in [9.17, 15) is 4.79 Å². The highest BCUT2D eigenvalue weighted by atomic mass is 32.1. The number of hydrogen-bond acceptors (Lipinski definition) is 6. The number of amides is 1. The fraction of sp³-hybridized carbons (Fsp3) is 0.143. The Morgan fingerprint density at radius 3 is 3.00 bits per heavy atom. The Hall–Kier alpha value is -2.54. The van der Waals surface area contributed by atoms with Crippen molar-refractivity contribution in [2.75, 3.05) is 0 Å². The van der Waals surface area contributed by atoms with Crippen LogP contribution in [0.25, 0.3) is 22.3 Å². The van der Waals surface area contributed by atoms with Crippen LogP contribution in [0.5, 0.6) is 0 Å². The van der Waals surface area contributed by atoms with E-state index in [2.05, 4.69) is 20.4 Å². The molecular formula is C14H12N4O2S. The van der Waals surface area contributed by atoms with Crippen LogP contribution in [0.15, 0.2) is 41.1 Å². The van der Waals surface area contributed by atoms with Crippen molar-refractivity contribution < 1.29 is 9.32 Å². The van der Waals surface area contributed by atoms with E-state index in [0.29, 0.717) is 24.0 Å². The van der Waals surface area contributed by atoms with Gasteiger partial charge in [-0.1, -0.05) is 11.2 Å². The maximum absolute atomic E-state index is 10.9. The number of carbonyl (C=O) groups excluding carboxylic acids is 1. The van der Waals surface area contributed by atoms with Crippen LogP contribution in [0, 0.1) is 0 Å². The highest BCUT2D eigenvalue weighted by Gasteiger charge is 2.13. The van der Waals surface area contributed by atoms with E-state index in [0.717, 1.165) is 9.75 Å². The Kier molecular flexibility index (Phi) is 3.74. The van der Waals surface area contributed by atoms with E-state index in [1.807, 2.05) is 30.3 Å². The highest BCUT2D eigenvalue weighted by molar-refractivity contribution is 7.15. The quantitative estimate of drug-likeness (QED) is 0.800. The molecule has 0 bridgehead atoms. The van der Waals surface area contributed by atoms with Crippen LogP contribution >= 0.6 is 11.3 Å². The first-order valence-corrected chi connectivity index (χ1v) is 7.12. The molecule has 21 heavy (non-hydrogen) atoms. The number of hydrogen-bond donors (Lipinski definition) is 1. The van der Waals surface area contributed by atoms with Crippen LogP contribution in [0.1, 0.15) is 11.8 Å². The fourth-order valence-corrected chi connectivity index (χ4v) is 2.59. The number of aromatic nitrogens is 3. The molecule has 1 N–H and O–H groups in total. The molecule has 0 unspecified atom stereocenters. The molecule has 0 aliphatic heterocycles. The van der Waals surface area contributed by atoms with Gasteiger partial charge in [0.2, 0.25) is 11.7 Å². The molecule has 0 fully saturated rings. The van der Waals surface area contributed by atoms with Gasteiger partial charge in [0.15, 0.2) is 0 Å². The van der Waals surface area contributed by atoms with Gasteiger partial charge >= 0.3 is 0 Å². The third-order valence-corrected chi connectivity index (χ3v) is 3.78. The first-order chi connectivity index (χ1) is 10.2. The predicted molar refractivity (Wildman–Crippen MR) is 78.4 cm³/mol. The summed E-state index contributed by atoms with van der Waals surface area (Å²) in [5.41, 5.74) is 0.669. The molecule has 0 spiro atoms. The molecule has 3 aromatic heterocycles. The average Bonchev–Trinajstić information content (AvgIpc) is 3.15. The van der Waals surface area contributed by atoms with Gasteiger partial charge in [-0.05, 0) is 24.3 Å². The fourth-order valence-electron chi connectivity index (χ4n) is 1.72. The molecule has 106 valence electrons. The number of thiophene rings is 1. The van der Waals surface area contributed by atoms with Crippen LogP contribution in [0.3, 0.4) is 0 Å². The molecule has 1 amide bonds. The largest absolute Gasteiger partial charge is 0.351 e. The Morgan fingerprint density at radius 1 is 1.33 bits per heavy atom. The van der Waals surface area contributed by atoms with Gasteiger partial charge in [0, 0.05) is 18.0 Å². The summed E-state index contributed by atoms with van der Waals surface area (Å²) in [4.78, 5) is 21.3. The van der Waals surface area contributed by atoms with Gasteiger partial charge in [0.1, 0.15) is 5.69 Å². The van der Waals surface area contributed by atoms with Gasteiger partial charge in [-0.25, -0.2) is 0 Å². The smallest absolute Gasteiger partial charge is 0.268 e. The zero-order valence-electron chi connectivity index (χ0n) is 11.2. The molecule has 0 saturated carbocycles. The predicted octanol–water partition coefficient (Wildman–Crippen LogP) is 2.50. The van der Waals surface area contributed by atoms with Crippen molar-refractivity contribution in [1.82, 2.24) is 20.4 Å². The number of carbonyl (C=O) groups is 1. The van der Waals surface area contributed by atoms with Crippen LogP contribution in [0.2, 0.25) is 0 Å². The van der Waals surface area contributed by atoms with Gasteiger partial charge < -0.3 is 9.84 Å². The maximum atomic E-state index is 10.9. The summed E-state index contributed by atoms with van der Waals surface area (Å²) >= 11 is 1.51. The van der Waals surface area contributed by atoms with Gasteiger partial charge in [0.25, 0.3) is 5.89 Å². The minimum Gasteiger partial charge on any atom is -0.351 e. The highest BCUT2D eigenvalue weighted by Crippen LogP contribution is 2.28. The SMILES string of the molecule is CC(=O)NCc1ccc(-c2nc(-c3ccccn3)no2)s1. The molecule has 3 aromatic rings. The second-order valence-corrected chi connectivity index (χ2v) is 5.48. The summed E-state index contributed by atoms with van der Waals surface area (Å²) in [7, 11) is 0. The second-order valence-electron chi connectivity index (χ2n) is 4.31. The Balaban J connectivity index is 1.79. The van der Waals surface area contributed by atoms with Crippen molar-refractivity contribution in [3.63, 3.8) is 0 Å².